The van der Waals surface area contributed by atoms with Crippen molar-refractivity contribution >= 4 is 11.9 Å². The predicted molar refractivity (Wildman–Crippen MR) is 106 cm³/mol. The number of carbonyl (C=O) groups is 1. The summed E-state index contributed by atoms with van der Waals surface area (Å²) in [5, 5.41) is 9.25. The second kappa shape index (κ2) is 9.50. The van der Waals surface area contributed by atoms with Crippen LogP contribution in [0.2, 0.25) is 0 Å². The average molecular weight is 384 g/mol. The lowest BCUT2D eigenvalue weighted by Crippen LogP contribution is -2.41. The van der Waals surface area contributed by atoms with Gasteiger partial charge in [-0.3, -0.25) is 9.79 Å². The molecule has 0 bridgehead atoms. The number of hydrogen-bond acceptors (Lipinski definition) is 5. The highest BCUT2D eigenvalue weighted by atomic mass is 16.7. The molecular formula is C20H24N4O4. The third kappa shape index (κ3) is 5.06. The molecule has 2 aromatic carbocycles. The number of methoxy groups -OCH3 is 1. The van der Waals surface area contributed by atoms with Crippen molar-refractivity contribution in [3.8, 4) is 17.2 Å². The number of ether oxygens (including phenoxy) is 3. The number of guanidine groups is 1. The van der Waals surface area contributed by atoms with Crippen LogP contribution in [0.15, 0.2) is 47.5 Å². The third-order valence-corrected chi connectivity index (χ3v) is 4.18. The Morgan fingerprint density at radius 3 is 2.54 bits per heavy atom. The minimum atomic E-state index is -0.132. The first kappa shape index (κ1) is 19.3. The van der Waals surface area contributed by atoms with Gasteiger partial charge in [-0.15, -0.1) is 0 Å². The van der Waals surface area contributed by atoms with Gasteiger partial charge < -0.3 is 30.2 Å². The maximum absolute atomic E-state index is 12.1. The molecule has 8 nitrogen and oxygen atoms in total. The SMILES string of the molecule is CN=C(NCCNC(=O)c1ccc(OC)cc1)NCc1ccc2c(c1)OCO2. The van der Waals surface area contributed by atoms with E-state index in [1.807, 2.05) is 18.2 Å². The molecular weight excluding hydrogens is 360 g/mol. The molecule has 0 spiro atoms. The fourth-order valence-corrected chi connectivity index (χ4v) is 2.66. The van der Waals surface area contributed by atoms with Gasteiger partial charge in [-0.05, 0) is 42.0 Å². The molecule has 0 saturated carbocycles. The first-order valence-corrected chi connectivity index (χ1v) is 8.95. The first-order chi connectivity index (χ1) is 13.7. The number of fused-ring (bicyclic) bond motifs is 1. The molecule has 0 aliphatic carbocycles. The summed E-state index contributed by atoms with van der Waals surface area (Å²) >= 11 is 0. The normalized spacial score (nSPS) is 12.4. The van der Waals surface area contributed by atoms with Gasteiger partial charge in [0.15, 0.2) is 17.5 Å². The van der Waals surface area contributed by atoms with Crippen LogP contribution in [0.25, 0.3) is 0 Å². The summed E-state index contributed by atoms with van der Waals surface area (Å²) in [4.78, 5) is 16.3. The Morgan fingerprint density at radius 1 is 1.04 bits per heavy atom. The van der Waals surface area contributed by atoms with Crippen LogP contribution in [0, 0.1) is 0 Å². The van der Waals surface area contributed by atoms with Crippen LogP contribution in [0.5, 0.6) is 17.2 Å². The zero-order valence-electron chi connectivity index (χ0n) is 16.0. The van der Waals surface area contributed by atoms with E-state index in [-0.39, 0.29) is 12.7 Å². The molecule has 1 amide bonds. The van der Waals surface area contributed by atoms with Crippen molar-refractivity contribution in [2.45, 2.75) is 6.54 Å². The molecule has 0 aromatic heterocycles. The van der Waals surface area contributed by atoms with Gasteiger partial charge in [0.25, 0.3) is 5.91 Å². The molecule has 0 fully saturated rings. The highest BCUT2D eigenvalue weighted by molar-refractivity contribution is 5.94. The lowest BCUT2D eigenvalue weighted by molar-refractivity contribution is 0.0954. The molecule has 148 valence electrons. The minimum Gasteiger partial charge on any atom is -0.497 e. The third-order valence-electron chi connectivity index (χ3n) is 4.18. The summed E-state index contributed by atoms with van der Waals surface area (Å²) in [5.41, 5.74) is 1.64. The van der Waals surface area contributed by atoms with Crippen molar-refractivity contribution in [2.75, 3.05) is 34.0 Å². The van der Waals surface area contributed by atoms with Gasteiger partial charge in [0.05, 0.1) is 7.11 Å². The highest BCUT2D eigenvalue weighted by Gasteiger charge is 2.13. The topological polar surface area (TPSA) is 93.2 Å². The number of carbonyl (C=O) groups excluding carboxylic acids is 1. The van der Waals surface area contributed by atoms with E-state index in [0.29, 0.717) is 31.2 Å². The van der Waals surface area contributed by atoms with E-state index in [2.05, 4.69) is 20.9 Å². The standard InChI is InChI=1S/C20H24N4O4/c1-21-20(24-12-14-3-8-17-18(11-14)28-13-27-17)23-10-9-22-19(25)15-4-6-16(26-2)7-5-15/h3-8,11H,9-10,12-13H2,1-2H3,(H,22,25)(H2,21,23,24). The second-order valence-corrected chi connectivity index (χ2v) is 6.02. The molecule has 3 N–H and O–H groups in total. The van der Waals surface area contributed by atoms with Crippen LogP contribution in [-0.4, -0.2) is 45.9 Å². The summed E-state index contributed by atoms with van der Waals surface area (Å²) in [6, 6.07) is 12.8. The quantitative estimate of drug-likeness (QED) is 0.381. The lowest BCUT2D eigenvalue weighted by Gasteiger charge is -2.13. The van der Waals surface area contributed by atoms with Crippen LogP contribution in [0.4, 0.5) is 0 Å². The van der Waals surface area contributed by atoms with Crippen molar-refractivity contribution in [2.24, 2.45) is 4.99 Å². The van der Waals surface area contributed by atoms with Gasteiger partial charge in [0.2, 0.25) is 6.79 Å². The number of rotatable bonds is 7. The van der Waals surface area contributed by atoms with Crippen LogP contribution in [0.1, 0.15) is 15.9 Å². The largest absolute Gasteiger partial charge is 0.497 e. The molecule has 1 aliphatic heterocycles. The second-order valence-electron chi connectivity index (χ2n) is 6.02. The number of hydrogen-bond donors (Lipinski definition) is 3. The smallest absolute Gasteiger partial charge is 0.251 e. The van der Waals surface area contributed by atoms with Crippen LogP contribution >= 0.6 is 0 Å². The Labute approximate surface area is 163 Å². The number of aliphatic imine (C=N–C) groups is 1. The number of benzene rings is 2. The van der Waals surface area contributed by atoms with E-state index in [1.165, 1.54) is 0 Å². The van der Waals surface area contributed by atoms with Crippen molar-refractivity contribution in [3.63, 3.8) is 0 Å². The summed E-state index contributed by atoms with van der Waals surface area (Å²) in [5.74, 6) is 2.75. The Kier molecular flexibility index (Phi) is 6.56. The van der Waals surface area contributed by atoms with Gasteiger partial charge in [-0.2, -0.15) is 0 Å². The number of nitrogens with zero attached hydrogens (tertiary/aromatic N) is 1. The minimum absolute atomic E-state index is 0.132. The lowest BCUT2D eigenvalue weighted by atomic mass is 10.2. The molecule has 0 radical (unpaired) electrons. The Hall–Kier alpha value is -3.42. The maximum atomic E-state index is 12.1. The molecule has 1 aliphatic rings. The van der Waals surface area contributed by atoms with Crippen molar-refractivity contribution in [1.82, 2.24) is 16.0 Å². The van der Waals surface area contributed by atoms with Crippen molar-refractivity contribution in [1.29, 1.82) is 0 Å². The van der Waals surface area contributed by atoms with E-state index in [4.69, 9.17) is 14.2 Å². The van der Waals surface area contributed by atoms with Crippen LogP contribution in [-0.2, 0) is 6.54 Å². The summed E-state index contributed by atoms with van der Waals surface area (Å²) in [6.45, 7) is 1.87. The molecule has 0 atom stereocenters. The van der Waals surface area contributed by atoms with Gasteiger partial charge in [0, 0.05) is 32.2 Å². The zero-order valence-corrected chi connectivity index (χ0v) is 16.0. The molecule has 1 heterocycles. The van der Waals surface area contributed by atoms with Crippen molar-refractivity contribution in [3.05, 3.63) is 53.6 Å². The van der Waals surface area contributed by atoms with Crippen molar-refractivity contribution < 1.29 is 19.0 Å². The number of amides is 1. The van der Waals surface area contributed by atoms with E-state index >= 15 is 0 Å². The molecule has 0 unspecified atom stereocenters. The van der Waals surface area contributed by atoms with E-state index in [0.717, 1.165) is 22.8 Å². The van der Waals surface area contributed by atoms with Gasteiger partial charge in [0.1, 0.15) is 5.75 Å². The van der Waals surface area contributed by atoms with E-state index < -0.39 is 0 Å². The van der Waals surface area contributed by atoms with E-state index in [1.54, 1.807) is 38.4 Å². The average Bonchev–Trinajstić information content (AvgIpc) is 3.21. The molecule has 0 saturated heterocycles. The molecule has 2 aromatic rings. The van der Waals surface area contributed by atoms with Gasteiger partial charge >= 0.3 is 0 Å². The zero-order chi connectivity index (χ0) is 19.8. The summed E-state index contributed by atoms with van der Waals surface area (Å²) in [7, 11) is 3.29. The first-order valence-electron chi connectivity index (χ1n) is 8.95. The summed E-state index contributed by atoms with van der Waals surface area (Å²) < 4.78 is 15.8. The monoisotopic (exact) mass is 384 g/mol. The summed E-state index contributed by atoms with van der Waals surface area (Å²) in [6.07, 6.45) is 0. The highest BCUT2D eigenvalue weighted by Crippen LogP contribution is 2.32. The van der Waals surface area contributed by atoms with Crippen LogP contribution in [0.3, 0.4) is 0 Å². The Morgan fingerprint density at radius 2 is 1.79 bits per heavy atom. The fraction of sp³-hybridized carbons (Fsp3) is 0.300. The fourth-order valence-electron chi connectivity index (χ4n) is 2.66. The van der Waals surface area contributed by atoms with E-state index in [9.17, 15) is 4.79 Å². The van der Waals surface area contributed by atoms with Gasteiger partial charge in [-0.1, -0.05) is 6.07 Å². The number of nitrogens with one attached hydrogen (secondary N) is 3. The molecule has 3 rings (SSSR count). The maximum Gasteiger partial charge on any atom is 0.251 e. The molecule has 28 heavy (non-hydrogen) atoms. The molecule has 8 heteroatoms. The predicted octanol–water partition coefficient (Wildman–Crippen LogP) is 1.52. The Balaban J connectivity index is 1.38. The van der Waals surface area contributed by atoms with Gasteiger partial charge in [-0.25, -0.2) is 0 Å². The van der Waals surface area contributed by atoms with Crippen LogP contribution < -0.4 is 30.2 Å². The Bertz CT molecular complexity index is 837.